The number of phenolic OH excluding ortho intramolecular Hbond substituents is 1. The lowest BCUT2D eigenvalue weighted by Crippen LogP contribution is -2.51. The monoisotopic (exact) mass is 620 g/mol. The van der Waals surface area contributed by atoms with Crippen LogP contribution < -0.4 is 53.2 Å². The van der Waals surface area contributed by atoms with Gasteiger partial charge in [0.05, 0.1) is 56.8 Å². The van der Waals surface area contributed by atoms with E-state index < -0.39 is 82.5 Å². The highest BCUT2D eigenvalue weighted by Gasteiger charge is 2.53. The van der Waals surface area contributed by atoms with Gasteiger partial charge < -0.3 is 30.4 Å². The van der Waals surface area contributed by atoms with Gasteiger partial charge in [-0.1, -0.05) is 11.6 Å². The number of aliphatic hydroxyl groups is 2. The molecule has 0 fully saturated rings. The molecule has 0 radical (unpaired) electrons. The maximum absolute atomic E-state index is 13.6. The second-order valence-electron chi connectivity index (χ2n) is 10.3. The lowest BCUT2D eigenvalue weighted by molar-refractivity contribution is -0.120. The number of hydrogen-bond acceptors (Lipinski definition) is 12. The molecule has 1 amide bonds. The van der Waals surface area contributed by atoms with E-state index in [1.165, 1.54) is 6.07 Å². The first-order valence-corrected chi connectivity index (χ1v) is 13.4. The molecule has 15 heteroatoms. The van der Waals surface area contributed by atoms with Crippen LogP contribution in [0.5, 0.6) is 11.5 Å². The van der Waals surface area contributed by atoms with Crippen LogP contribution in [0, 0.1) is 10.4 Å². The van der Waals surface area contributed by atoms with E-state index in [0.717, 1.165) is 19.4 Å². The van der Waals surface area contributed by atoms with E-state index in [-0.39, 0.29) is 52.0 Å². The van der Waals surface area contributed by atoms with Crippen molar-refractivity contribution in [3.8, 4) is 11.5 Å². The van der Waals surface area contributed by atoms with Crippen LogP contribution in [0.4, 0.5) is 0 Å². The van der Waals surface area contributed by atoms with Gasteiger partial charge in [-0.05, 0) is 31.5 Å². The van der Waals surface area contributed by atoms with E-state index in [1.54, 1.807) is 7.05 Å². The third kappa shape index (κ3) is 3.61. The molecule has 4 aliphatic carbocycles. The first-order valence-electron chi connectivity index (χ1n) is 13.0. The summed E-state index contributed by atoms with van der Waals surface area (Å²) < 4.78 is 4.88. The Morgan fingerprint density at radius 2 is 1.70 bits per heavy atom. The van der Waals surface area contributed by atoms with Crippen LogP contribution in [0.1, 0.15) is 23.2 Å². The molecule has 1 spiro atoms. The molecule has 6 N–H and O–H groups in total. The van der Waals surface area contributed by atoms with Crippen LogP contribution in [0.3, 0.4) is 0 Å². The highest BCUT2D eigenvalue weighted by atomic mass is 35.5. The predicted molar refractivity (Wildman–Crippen MR) is 158 cm³/mol. The third-order valence-corrected chi connectivity index (χ3v) is 8.54. The number of hydrazone groups is 1. The number of carbonyl (C=O) groups excluding carboxylic acids is 1. The lowest BCUT2D eigenvalue weighted by atomic mass is 9.78. The van der Waals surface area contributed by atoms with Crippen molar-refractivity contribution in [2.24, 2.45) is 5.10 Å². The fraction of sp³-hybridized carbons (Fsp3) is 0.207. The Balaban J connectivity index is 1.66. The second kappa shape index (κ2) is 9.86. The van der Waals surface area contributed by atoms with E-state index in [1.807, 2.05) is 0 Å². The number of hydrogen-bond donors (Lipinski definition) is 6. The number of nitrogens with zero attached hydrogens (tertiary/aromatic N) is 1. The lowest BCUT2D eigenvalue weighted by Gasteiger charge is -2.27. The first kappa shape index (κ1) is 28.8. The van der Waals surface area contributed by atoms with Gasteiger partial charge in [0.2, 0.25) is 16.3 Å². The summed E-state index contributed by atoms with van der Waals surface area (Å²) in [6.07, 6.45) is 0.962. The number of nitrogens with one attached hydrogen (secondary N) is 3. The zero-order valence-corrected chi connectivity index (χ0v) is 23.6. The molecular weight excluding hydrogens is 600 g/mol. The van der Waals surface area contributed by atoms with Crippen molar-refractivity contribution < 1.29 is 24.9 Å². The number of pyridine rings is 1. The minimum atomic E-state index is -2.09. The highest BCUT2D eigenvalue weighted by Crippen LogP contribution is 2.56. The van der Waals surface area contributed by atoms with Gasteiger partial charge >= 0.3 is 0 Å². The molecule has 0 saturated heterocycles. The Kier molecular flexibility index (Phi) is 6.44. The molecule has 1 aromatic carbocycles. The Bertz CT molecular complexity index is 2500. The number of phenols is 1. The molecular formula is C29H21ClN4O10. The van der Waals surface area contributed by atoms with Crippen molar-refractivity contribution in [3.05, 3.63) is 106 Å². The molecule has 1 atom stereocenters. The number of amides is 1. The summed E-state index contributed by atoms with van der Waals surface area (Å²) in [7, 11) is 2.67. The second-order valence-corrected chi connectivity index (χ2v) is 10.7. The van der Waals surface area contributed by atoms with E-state index in [0.29, 0.717) is 0 Å². The number of aromatic amines is 1. The van der Waals surface area contributed by atoms with E-state index in [9.17, 15) is 44.1 Å². The van der Waals surface area contributed by atoms with Crippen molar-refractivity contribution in [3.63, 3.8) is 0 Å². The number of H-pyrrole nitrogens is 1. The Morgan fingerprint density at radius 3 is 2.34 bits per heavy atom. The van der Waals surface area contributed by atoms with Crippen LogP contribution in [0.25, 0.3) is 22.3 Å². The van der Waals surface area contributed by atoms with Crippen LogP contribution in [0.2, 0.25) is 5.02 Å². The van der Waals surface area contributed by atoms with Gasteiger partial charge in [0.25, 0.3) is 11.5 Å². The van der Waals surface area contributed by atoms with Crippen LogP contribution in [-0.4, -0.2) is 53.1 Å². The summed E-state index contributed by atoms with van der Waals surface area (Å²) in [5, 5.41) is 37.8. The number of methoxy groups -OCH3 is 1. The fourth-order valence-corrected chi connectivity index (χ4v) is 6.59. The number of likely N-dealkylation sites (N-methyl/N-ethyl adjacent to an activating group) is 1. The SMILES string of the molecule is CNCC(=O)N/N=C/c1cc2c(Cl)c3c(c(O)c2c(=O)[nH]1)[C@@]1(CC3)C(O)=c2c(=O)c3c(=O)cc(OC)c(=O)c=3c(=O)c2=C1O. The molecule has 0 bridgehead atoms. The molecule has 4 aliphatic rings. The van der Waals surface area contributed by atoms with E-state index in [4.69, 9.17) is 16.3 Å². The van der Waals surface area contributed by atoms with Gasteiger partial charge in [0.15, 0.2) is 11.2 Å². The van der Waals surface area contributed by atoms with E-state index in [2.05, 4.69) is 20.8 Å². The largest absolute Gasteiger partial charge is 0.510 e. The molecule has 44 heavy (non-hydrogen) atoms. The topological polar surface area (TPSA) is 225 Å². The zero-order chi connectivity index (χ0) is 31.8. The van der Waals surface area contributed by atoms with Crippen molar-refractivity contribution >= 4 is 46.0 Å². The third-order valence-electron chi connectivity index (χ3n) is 8.11. The number of aliphatic hydroxyl groups excluding tert-OH is 2. The molecule has 224 valence electrons. The number of fused-ring (bicyclic) bond motifs is 4. The van der Waals surface area contributed by atoms with Gasteiger partial charge in [-0.15, -0.1) is 0 Å². The number of benzene rings is 1. The molecule has 14 nitrogen and oxygen atoms in total. The van der Waals surface area contributed by atoms with E-state index >= 15 is 0 Å². The van der Waals surface area contributed by atoms with Crippen molar-refractivity contribution in [1.82, 2.24) is 15.7 Å². The van der Waals surface area contributed by atoms with Crippen LogP contribution >= 0.6 is 11.6 Å². The quantitative estimate of drug-likeness (QED) is 0.104. The number of ether oxygens (including phenoxy) is 1. The predicted octanol–water partition coefficient (Wildman–Crippen LogP) is -2.16. The van der Waals surface area contributed by atoms with Crippen LogP contribution in [0.15, 0.2) is 41.2 Å². The Labute approximate surface area is 248 Å². The number of halogens is 1. The summed E-state index contributed by atoms with van der Waals surface area (Å²) in [5.41, 5.74) is -4.94. The maximum Gasteiger partial charge on any atom is 0.260 e. The summed E-state index contributed by atoms with van der Waals surface area (Å²) >= 11 is 6.73. The highest BCUT2D eigenvalue weighted by molar-refractivity contribution is 6.37. The zero-order valence-electron chi connectivity index (χ0n) is 22.9. The number of aromatic hydroxyl groups is 1. The van der Waals surface area contributed by atoms with Gasteiger partial charge in [0.1, 0.15) is 22.7 Å². The number of rotatable bonds is 5. The van der Waals surface area contributed by atoms with Crippen molar-refractivity contribution in [2.75, 3.05) is 20.7 Å². The molecule has 2 aromatic rings. The average molecular weight is 621 g/mol. The summed E-state index contributed by atoms with van der Waals surface area (Å²) in [4.78, 5) is 80.2. The molecule has 0 unspecified atom stereocenters. The molecule has 6 rings (SSSR count). The van der Waals surface area contributed by atoms with Crippen molar-refractivity contribution in [2.45, 2.75) is 18.3 Å². The van der Waals surface area contributed by atoms with Gasteiger partial charge in [-0.3, -0.25) is 28.8 Å². The minimum absolute atomic E-state index is 0.00123. The minimum Gasteiger partial charge on any atom is -0.510 e. The normalized spacial score (nSPS) is 17.2. The fourth-order valence-electron chi connectivity index (χ4n) is 6.26. The molecule has 0 saturated carbocycles. The molecule has 1 heterocycles. The molecule has 1 aromatic heterocycles. The Hall–Kier alpha value is -5.34. The van der Waals surface area contributed by atoms with Gasteiger partial charge in [0, 0.05) is 17.0 Å². The summed E-state index contributed by atoms with van der Waals surface area (Å²) in [5.74, 6) is -3.28. The maximum atomic E-state index is 13.6. The standard InChI is InChI=1S/C29H21ClN4O10/c1-31-8-14(36)34-32-7-9-5-11-15(28(43)33-9)25(40)20-10(21(11)30)3-4-29(20)26(41)18-19(27(29)42)24(39)17-16(23(18)38)12(35)6-13(44-2)22(17)37/h5-7,31,40-42H,3-4,8H2,1-2H3,(H,33,43)(H,34,36)/b32-7+/t29-/m0/s1. The van der Waals surface area contributed by atoms with Gasteiger partial charge in [-0.2, -0.15) is 5.10 Å². The van der Waals surface area contributed by atoms with Crippen molar-refractivity contribution in [1.29, 1.82) is 0 Å². The summed E-state index contributed by atoms with van der Waals surface area (Å²) in [6, 6.07) is 2.15. The number of carbonyl (C=O) groups is 1. The number of aromatic nitrogens is 1. The molecule has 0 aliphatic heterocycles. The first-order chi connectivity index (χ1) is 20.9. The average Bonchev–Trinajstić information content (AvgIpc) is 3.49. The Morgan fingerprint density at radius 1 is 1.05 bits per heavy atom. The van der Waals surface area contributed by atoms with Gasteiger partial charge in [-0.25, -0.2) is 5.43 Å². The summed E-state index contributed by atoms with van der Waals surface area (Å²) in [6.45, 7) is -0.00123. The van der Waals surface area contributed by atoms with Crippen LogP contribution in [-0.2, 0) is 16.6 Å². The smallest absolute Gasteiger partial charge is 0.260 e.